The topological polar surface area (TPSA) is 47.6 Å². The summed E-state index contributed by atoms with van der Waals surface area (Å²) in [6.07, 6.45) is -3.68. The Morgan fingerprint density at radius 3 is 2.61 bits per heavy atom. The Labute approximate surface area is 105 Å². The summed E-state index contributed by atoms with van der Waals surface area (Å²) >= 11 is 0. The summed E-state index contributed by atoms with van der Waals surface area (Å²) in [7, 11) is 0. The molecule has 0 radical (unpaired) electrons. The lowest BCUT2D eigenvalue weighted by molar-refractivity contribution is -0.235. The van der Waals surface area contributed by atoms with Crippen LogP contribution in [0.2, 0.25) is 0 Å². The fraction of sp³-hybridized carbons (Fsp3) is 0.462. The van der Waals surface area contributed by atoms with Crippen molar-refractivity contribution in [1.29, 1.82) is 0 Å². The van der Waals surface area contributed by atoms with Gasteiger partial charge in [-0.2, -0.15) is 0 Å². The van der Waals surface area contributed by atoms with E-state index in [-0.39, 0.29) is 6.10 Å². The van der Waals surface area contributed by atoms with E-state index in [4.69, 9.17) is 9.47 Å². The molecule has 1 amide bonds. The first-order valence-corrected chi connectivity index (χ1v) is 5.88. The van der Waals surface area contributed by atoms with Crippen LogP contribution in [0.25, 0.3) is 0 Å². The maximum absolute atomic E-state index is 13.8. The predicted molar refractivity (Wildman–Crippen MR) is 63.3 cm³/mol. The molecule has 5 heteroatoms. The minimum absolute atomic E-state index is 0.122. The molecular weight excluding hydrogens is 237 g/mol. The Bertz CT molecular complexity index is 410. The normalized spacial score (nSPS) is 28.2. The van der Waals surface area contributed by atoms with Gasteiger partial charge < -0.3 is 14.8 Å². The molecule has 98 valence electrons. The largest absolute Gasteiger partial charge is 0.333 e. The van der Waals surface area contributed by atoms with E-state index in [9.17, 15) is 9.18 Å². The fourth-order valence-electron chi connectivity index (χ4n) is 1.77. The SMILES string of the molecule is CC(C)O[C@H]1NC(=O)[C@@H](F)[C@H](c2ccccc2)O1. The predicted octanol–water partition coefficient (Wildman–Crippen LogP) is 1.92. The van der Waals surface area contributed by atoms with Gasteiger partial charge in [0.2, 0.25) is 12.6 Å². The zero-order valence-corrected chi connectivity index (χ0v) is 10.3. The molecule has 0 aliphatic carbocycles. The van der Waals surface area contributed by atoms with Crippen LogP contribution in [0.3, 0.4) is 0 Å². The third kappa shape index (κ3) is 2.86. The second-order valence-electron chi connectivity index (χ2n) is 4.39. The lowest BCUT2D eigenvalue weighted by Gasteiger charge is -2.33. The number of nitrogens with one attached hydrogen (secondary N) is 1. The van der Waals surface area contributed by atoms with Crippen molar-refractivity contribution in [3.8, 4) is 0 Å². The van der Waals surface area contributed by atoms with Gasteiger partial charge in [0, 0.05) is 0 Å². The first-order valence-electron chi connectivity index (χ1n) is 5.88. The lowest BCUT2D eigenvalue weighted by Crippen LogP contribution is -2.52. The number of hydrogen-bond acceptors (Lipinski definition) is 3. The van der Waals surface area contributed by atoms with Crippen molar-refractivity contribution in [3.05, 3.63) is 35.9 Å². The second kappa shape index (κ2) is 5.46. The zero-order chi connectivity index (χ0) is 13.1. The van der Waals surface area contributed by atoms with Crippen LogP contribution in [0.4, 0.5) is 4.39 Å². The molecule has 2 rings (SSSR count). The molecule has 4 nitrogen and oxygen atoms in total. The smallest absolute Gasteiger partial charge is 0.261 e. The van der Waals surface area contributed by atoms with E-state index in [1.807, 2.05) is 19.9 Å². The molecule has 0 unspecified atom stereocenters. The number of carbonyl (C=O) groups excluding carboxylic acids is 1. The molecule has 1 aromatic carbocycles. The molecule has 0 spiro atoms. The van der Waals surface area contributed by atoms with E-state index >= 15 is 0 Å². The Hall–Kier alpha value is -1.46. The molecule has 1 N–H and O–H groups in total. The third-order valence-corrected chi connectivity index (χ3v) is 2.57. The highest BCUT2D eigenvalue weighted by Crippen LogP contribution is 2.28. The van der Waals surface area contributed by atoms with Crippen LogP contribution in [-0.2, 0) is 14.3 Å². The summed E-state index contributed by atoms with van der Waals surface area (Å²) in [5, 5.41) is 2.34. The van der Waals surface area contributed by atoms with Crippen LogP contribution < -0.4 is 5.32 Å². The lowest BCUT2D eigenvalue weighted by atomic mass is 10.0. The van der Waals surface area contributed by atoms with Crippen molar-refractivity contribution in [3.63, 3.8) is 0 Å². The summed E-state index contributed by atoms with van der Waals surface area (Å²) < 4.78 is 24.6. The molecule has 0 saturated carbocycles. The van der Waals surface area contributed by atoms with Crippen molar-refractivity contribution >= 4 is 5.91 Å². The van der Waals surface area contributed by atoms with Gasteiger partial charge in [-0.1, -0.05) is 30.3 Å². The molecule has 0 bridgehead atoms. The summed E-state index contributed by atoms with van der Waals surface area (Å²) in [6.45, 7) is 3.63. The van der Waals surface area contributed by atoms with E-state index in [1.165, 1.54) is 0 Å². The van der Waals surface area contributed by atoms with Gasteiger partial charge in [-0.25, -0.2) is 4.39 Å². The maximum atomic E-state index is 13.8. The molecule has 1 aromatic rings. The number of hydrogen-bond donors (Lipinski definition) is 1. The highest BCUT2D eigenvalue weighted by atomic mass is 19.1. The van der Waals surface area contributed by atoms with Crippen molar-refractivity contribution in [2.75, 3.05) is 0 Å². The summed E-state index contributed by atoms with van der Waals surface area (Å²) in [6, 6.07) is 8.82. The quantitative estimate of drug-likeness (QED) is 0.895. The van der Waals surface area contributed by atoms with E-state index in [1.54, 1.807) is 24.3 Å². The minimum Gasteiger partial charge on any atom is -0.333 e. The monoisotopic (exact) mass is 253 g/mol. The van der Waals surface area contributed by atoms with Crippen LogP contribution in [-0.4, -0.2) is 24.6 Å². The standard InChI is InChI=1S/C13H16FNO3/c1-8(2)17-13-15-12(16)10(14)11(18-13)9-6-4-3-5-7-9/h3-8,10-11,13H,1-2H3,(H,15,16)/t10-,11-,13+/m0/s1. The van der Waals surface area contributed by atoms with Crippen LogP contribution in [0.15, 0.2) is 30.3 Å². The Balaban J connectivity index is 2.15. The van der Waals surface area contributed by atoms with Crippen molar-refractivity contribution in [1.82, 2.24) is 5.32 Å². The van der Waals surface area contributed by atoms with Gasteiger partial charge in [0.15, 0.2) is 0 Å². The van der Waals surface area contributed by atoms with Gasteiger partial charge in [0.1, 0.15) is 6.10 Å². The summed E-state index contributed by atoms with van der Waals surface area (Å²) in [5.41, 5.74) is 0.622. The van der Waals surface area contributed by atoms with Gasteiger partial charge in [-0.05, 0) is 19.4 Å². The second-order valence-corrected chi connectivity index (χ2v) is 4.39. The molecule has 1 aliphatic heterocycles. The maximum Gasteiger partial charge on any atom is 0.261 e. The number of amides is 1. The minimum atomic E-state index is -1.72. The van der Waals surface area contributed by atoms with Gasteiger partial charge >= 0.3 is 0 Å². The number of halogens is 1. The molecule has 18 heavy (non-hydrogen) atoms. The zero-order valence-electron chi connectivity index (χ0n) is 10.3. The van der Waals surface area contributed by atoms with Gasteiger partial charge in [-0.15, -0.1) is 0 Å². The average molecular weight is 253 g/mol. The van der Waals surface area contributed by atoms with Crippen molar-refractivity contribution in [2.45, 2.75) is 38.6 Å². The van der Waals surface area contributed by atoms with E-state index in [2.05, 4.69) is 5.32 Å². The summed E-state index contributed by atoms with van der Waals surface area (Å²) in [4.78, 5) is 11.5. The fourth-order valence-corrected chi connectivity index (χ4v) is 1.77. The van der Waals surface area contributed by atoms with Crippen molar-refractivity contribution in [2.24, 2.45) is 0 Å². The van der Waals surface area contributed by atoms with E-state index < -0.39 is 24.6 Å². The Morgan fingerprint density at radius 2 is 2.00 bits per heavy atom. The summed E-state index contributed by atoms with van der Waals surface area (Å²) in [5.74, 6) is -0.708. The van der Waals surface area contributed by atoms with Gasteiger partial charge in [0.25, 0.3) is 5.91 Å². The van der Waals surface area contributed by atoms with Crippen LogP contribution in [0.1, 0.15) is 25.5 Å². The van der Waals surface area contributed by atoms with E-state index in [0.717, 1.165) is 0 Å². The van der Waals surface area contributed by atoms with Crippen molar-refractivity contribution < 1.29 is 18.7 Å². The first kappa shape index (κ1) is 13.0. The van der Waals surface area contributed by atoms with Crippen LogP contribution in [0, 0.1) is 0 Å². The molecule has 0 aromatic heterocycles. The Morgan fingerprint density at radius 1 is 1.33 bits per heavy atom. The van der Waals surface area contributed by atoms with Gasteiger partial charge in [0.05, 0.1) is 6.10 Å². The first-order chi connectivity index (χ1) is 8.58. The number of rotatable bonds is 3. The molecule has 1 aliphatic rings. The average Bonchev–Trinajstić information content (AvgIpc) is 2.34. The van der Waals surface area contributed by atoms with Crippen LogP contribution in [0.5, 0.6) is 0 Å². The number of ether oxygens (including phenoxy) is 2. The highest BCUT2D eigenvalue weighted by Gasteiger charge is 2.39. The molecule has 3 atom stereocenters. The molecule has 1 fully saturated rings. The number of carbonyl (C=O) groups is 1. The molecule has 1 saturated heterocycles. The highest BCUT2D eigenvalue weighted by molar-refractivity contribution is 5.82. The third-order valence-electron chi connectivity index (χ3n) is 2.57. The molecular formula is C13H16FNO3. The Kier molecular flexibility index (Phi) is 3.93. The number of benzene rings is 1. The van der Waals surface area contributed by atoms with Crippen LogP contribution >= 0.6 is 0 Å². The van der Waals surface area contributed by atoms with E-state index in [0.29, 0.717) is 5.56 Å². The number of alkyl halides is 1. The molecule has 1 heterocycles. The van der Waals surface area contributed by atoms with Gasteiger partial charge in [-0.3, -0.25) is 4.79 Å².